The summed E-state index contributed by atoms with van der Waals surface area (Å²) in [7, 11) is 0. The van der Waals surface area contributed by atoms with Gasteiger partial charge in [-0.15, -0.1) is 11.3 Å². The molecule has 2 N–H and O–H groups in total. The van der Waals surface area contributed by atoms with E-state index in [4.69, 9.17) is 0 Å². The van der Waals surface area contributed by atoms with Gasteiger partial charge in [0.05, 0.1) is 3.79 Å². The Balaban J connectivity index is 2.06. The van der Waals surface area contributed by atoms with Crippen molar-refractivity contribution in [3.8, 4) is 0 Å². The Hall–Kier alpha value is -1.40. The average molecular weight is 327 g/mol. The van der Waals surface area contributed by atoms with Crippen molar-refractivity contribution >= 4 is 33.2 Å². The van der Waals surface area contributed by atoms with Crippen molar-refractivity contribution in [2.24, 2.45) is 0 Å². The van der Waals surface area contributed by atoms with Gasteiger partial charge in [0.2, 0.25) is 0 Å². The van der Waals surface area contributed by atoms with Crippen LogP contribution in [0.2, 0.25) is 0 Å². The highest BCUT2D eigenvalue weighted by Crippen LogP contribution is 2.20. The molecule has 94 valence electrons. The van der Waals surface area contributed by atoms with Crippen molar-refractivity contribution in [1.82, 2.24) is 10.3 Å². The molecule has 6 heteroatoms. The van der Waals surface area contributed by atoms with Gasteiger partial charge in [0.1, 0.15) is 5.56 Å². The summed E-state index contributed by atoms with van der Waals surface area (Å²) in [4.78, 5) is 26.0. The molecule has 1 amide bonds. The van der Waals surface area contributed by atoms with Crippen molar-refractivity contribution < 1.29 is 4.79 Å². The van der Waals surface area contributed by atoms with Gasteiger partial charge < -0.3 is 10.3 Å². The van der Waals surface area contributed by atoms with Crippen LogP contribution in [-0.2, 0) is 6.54 Å². The number of nitrogens with one attached hydrogen (secondary N) is 2. The first kappa shape index (κ1) is 13.0. The summed E-state index contributed by atoms with van der Waals surface area (Å²) in [6.07, 6.45) is 0. The molecule has 0 fully saturated rings. The Morgan fingerprint density at radius 2 is 2.28 bits per heavy atom. The summed E-state index contributed by atoms with van der Waals surface area (Å²) in [6.45, 7) is 2.18. The van der Waals surface area contributed by atoms with E-state index in [9.17, 15) is 9.59 Å². The van der Waals surface area contributed by atoms with Crippen molar-refractivity contribution in [3.63, 3.8) is 0 Å². The normalized spacial score (nSPS) is 10.3. The van der Waals surface area contributed by atoms with E-state index in [2.05, 4.69) is 26.2 Å². The minimum atomic E-state index is -0.362. The highest BCUT2D eigenvalue weighted by atomic mass is 79.9. The highest BCUT2D eigenvalue weighted by molar-refractivity contribution is 9.11. The molecule has 0 aromatic carbocycles. The van der Waals surface area contributed by atoms with E-state index in [-0.39, 0.29) is 17.0 Å². The number of thiophene rings is 1. The molecule has 2 heterocycles. The van der Waals surface area contributed by atoms with E-state index in [0.717, 1.165) is 15.0 Å². The number of carbonyl (C=O) groups excluding carboxylic acids is 1. The zero-order valence-corrected chi connectivity index (χ0v) is 12.0. The second-order valence-corrected chi connectivity index (χ2v) is 6.12. The molecule has 0 aliphatic heterocycles. The largest absolute Gasteiger partial charge is 0.348 e. The number of carbonyl (C=O) groups is 1. The fourth-order valence-corrected chi connectivity index (χ4v) is 2.68. The smallest absolute Gasteiger partial charge is 0.260 e. The monoisotopic (exact) mass is 326 g/mol. The van der Waals surface area contributed by atoms with E-state index in [1.165, 1.54) is 6.07 Å². The van der Waals surface area contributed by atoms with Crippen molar-refractivity contribution in [1.29, 1.82) is 0 Å². The van der Waals surface area contributed by atoms with E-state index in [1.807, 2.05) is 11.4 Å². The summed E-state index contributed by atoms with van der Waals surface area (Å²) in [5.41, 5.74) is 1.51. The molecular weight excluding hydrogens is 316 g/mol. The van der Waals surface area contributed by atoms with Crippen LogP contribution in [0.25, 0.3) is 0 Å². The van der Waals surface area contributed by atoms with Gasteiger partial charge in [-0.05, 0) is 52.0 Å². The molecule has 2 aromatic heterocycles. The number of aromatic amines is 1. The van der Waals surface area contributed by atoms with Crippen LogP contribution in [0.4, 0.5) is 0 Å². The van der Waals surface area contributed by atoms with E-state index in [0.29, 0.717) is 6.54 Å². The quantitative estimate of drug-likeness (QED) is 0.910. The Morgan fingerprint density at radius 3 is 2.89 bits per heavy atom. The standard InChI is InChI=1S/C12H11BrN2O2S/c1-7-2-3-9(12(17)15-7)11(16)14-5-8-4-10(13)18-6-8/h2-4,6H,5H2,1H3,(H,14,16)(H,15,17). The molecule has 0 atom stereocenters. The zero-order valence-electron chi connectivity index (χ0n) is 9.62. The van der Waals surface area contributed by atoms with E-state index in [1.54, 1.807) is 24.3 Å². The fraction of sp³-hybridized carbons (Fsp3) is 0.167. The highest BCUT2D eigenvalue weighted by Gasteiger charge is 2.10. The maximum atomic E-state index is 11.8. The van der Waals surface area contributed by atoms with E-state index >= 15 is 0 Å². The van der Waals surface area contributed by atoms with Crippen LogP contribution in [-0.4, -0.2) is 10.9 Å². The van der Waals surface area contributed by atoms with Crippen LogP contribution in [0.1, 0.15) is 21.6 Å². The van der Waals surface area contributed by atoms with Gasteiger partial charge in [0.25, 0.3) is 11.5 Å². The summed E-state index contributed by atoms with van der Waals surface area (Å²) >= 11 is 4.91. The van der Waals surface area contributed by atoms with E-state index < -0.39 is 0 Å². The number of rotatable bonds is 3. The van der Waals surface area contributed by atoms with Crippen molar-refractivity contribution in [3.05, 3.63) is 54.5 Å². The molecule has 0 saturated carbocycles. The Morgan fingerprint density at radius 1 is 1.50 bits per heavy atom. The molecule has 4 nitrogen and oxygen atoms in total. The van der Waals surface area contributed by atoms with Gasteiger partial charge in [0, 0.05) is 12.2 Å². The number of hydrogen-bond donors (Lipinski definition) is 2. The lowest BCUT2D eigenvalue weighted by Crippen LogP contribution is -2.29. The molecule has 18 heavy (non-hydrogen) atoms. The maximum absolute atomic E-state index is 11.8. The molecule has 0 unspecified atom stereocenters. The van der Waals surface area contributed by atoms with Gasteiger partial charge in [-0.2, -0.15) is 0 Å². The molecule has 0 saturated heterocycles. The van der Waals surface area contributed by atoms with Crippen LogP contribution in [0.15, 0.2) is 32.2 Å². The molecule has 0 bridgehead atoms. The number of halogens is 1. The molecule has 2 rings (SSSR count). The Labute approximate surface area is 116 Å². The van der Waals surface area contributed by atoms with Crippen LogP contribution >= 0.6 is 27.3 Å². The topological polar surface area (TPSA) is 62.0 Å². The number of amides is 1. The zero-order chi connectivity index (χ0) is 13.1. The Bertz CT molecular complexity index is 633. The van der Waals surface area contributed by atoms with Gasteiger partial charge in [-0.1, -0.05) is 0 Å². The summed E-state index contributed by atoms with van der Waals surface area (Å²) in [5, 5.41) is 4.66. The lowest BCUT2D eigenvalue weighted by Gasteiger charge is -2.03. The number of aryl methyl sites for hydroxylation is 1. The summed E-state index contributed by atoms with van der Waals surface area (Å²) in [5.74, 6) is -0.362. The van der Waals surface area contributed by atoms with Gasteiger partial charge in [0.15, 0.2) is 0 Å². The van der Waals surface area contributed by atoms with Crippen LogP contribution in [0, 0.1) is 6.92 Å². The fourth-order valence-electron chi connectivity index (χ4n) is 1.47. The molecule has 0 aliphatic rings. The van der Waals surface area contributed by atoms with Gasteiger partial charge >= 0.3 is 0 Å². The molecule has 2 aromatic rings. The summed E-state index contributed by atoms with van der Waals surface area (Å²) < 4.78 is 1.01. The molecule has 0 aliphatic carbocycles. The van der Waals surface area contributed by atoms with Gasteiger partial charge in [-0.25, -0.2) is 0 Å². The number of H-pyrrole nitrogens is 1. The third-order valence-corrected chi connectivity index (χ3v) is 3.93. The Kier molecular flexibility index (Phi) is 3.98. The van der Waals surface area contributed by atoms with Crippen LogP contribution in [0.5, 0.6) is 0 Å². The molecular formula is C12H11BrN2O2S. The first-order chi connectivity index (χ1) is 8.56. The minimum Gasteiger partial charge on any atom is -0.348 e. The van der Waals surface area contributed by atoms with Gasteiger partial charge in [-0.3, -0.25) is 9.59 Å². The first-order valence-corrected chi connectivity index (χ1v) is 6.94. The van der Waals surface area contributed by atoms with Crippen LogP contribution < -0.4 is 10.9 Å². The number of aromatic nitrogens is 1. The second kappa shape index (κ2) is 5.49. The third kappa shape index (κ3) is 3.08. The molecule has 0 spiro atoms. The number of hydrogen-bond acceptors (Lipinski definition) is 3. The lowest BCUT2D eigenvalue weighted by atomic mass is 10.2. The maximum Gasteiger partial charge on any atom is 0.260 e. The molecule has 0 radical (unpaired) electrons. The minimum absolute atomic E-state index is 0.134. The lowest BCUT2D eigenvalue weighted by molar-refractivity contribution is 0.0949. The number of pyridine rings is 1. The predicted octanol–water partition coefficient (Wildman–Crippen LogP) is 2.44. The second-order valence-electron chi connectivity index (χ2n) is 3.83. The average Bonchev–Trinajstić information content (AvgIpc) is 2.72. The predicted molar refractivity (Wildman–Crippen MR) is 75.0 cm³/mol. The SMILES string of the molecule is Cc1ccc(C(=O)NCc2csc(Br)c2)c(=O)[nH]1. The summed E-state index contributed by atoms with van der Waals surface area (Å²) in [6, 6.07) is 5.18. The van der Waals surface area contributed by atoms with Crippen LogP contribution in [0.3, 0.4) is 0 Å². The van der Waals surface area contributed by atoms with Crippen molar-refractivity contribution in [2.45, 2.75) is 13.5 Å². The first-order valence-electron chi connectivity index (χ1n) is 5.27. The van der Waals surface area contributed by atoms with Crippen molar-refractivity contribution in [2.75, 3.05) is 0 Å². The third-order valence-electron chi connectivity index (χ3n) is 2.37.